The topological polar surface area (TPSA) is 118 Å². The molecule has 5 rings (SSSR count). The van der Waals surface area contributed by atoms with Crippen molar-refractivity contribution in [3.05, 3.63) is 48.3 Å². The first-order valence-corrected chi connectivity index (χ1v) is 10.5. The Hall–Kier alpha value is -3.26. The highest BCUT2D eigenvalue weighted by atomic mass is 15.3. The minimum Gasteiger partial charge on any atom is -0.396 e. The van der Waals surface area contributed by atoms with Crippen molar-refractivity contribution in [2.75, 3.05) is 11.1 Å². The first-order valence-electron chi connectivity index (χ1n) is 10.5. The van der Waals surface area contributed by atoms with E-state index in [-0.39, 0.29) is 0 Å². The summed E-state index contributed by atoms with van der Waals surface area (Å²) in [5.74, 6) is 0.793. The van der Waals surface area contributed by atoms with Crippen LogP contribution in [0.25, 0.3) is 16.9 Å². The molecule has 2 aromatic heterocycles. The van der Waals surface area contributed by atoms with Gasteiger partial charge in [-0.1, -0.05) is 6.42 Å². The molecule has 3 aromatic rings. The highest BCUT2D eigenvalue weighted by Gasteiger charge is 2.31. The molecule has 8 heteroatoms. The fourth-order valence-electron chi connectivity index (χ4n) is 4.76. The number of hydrogen-bond acceptors (Lipinski definition) is 7. The Morgan fingerprint density at radius 2 is 1.97 bits per heavy atom. The van der Waals surface area contributed by atoms with Crippen LogP contribution in [0.2, 0.25) is 0 Å². The lowest BCUT2D eigenvalue weighted by atomic mass is 9.84. The van der Waals surface area contributed by atoms with Crippen molar-refractivity contribution in [2.45, 2.75) is 50.2 Å². The van der Waals surface area contributed by atoms with Crippen molar-refractivity contribution in [1.82, 2.24) is 25.3 Å². The number of benzene rings is 1. The average Bonchev–Trinajstić information content (AvgIpc) is 3.28. The van der Waals surface area contributed by atoms with Gasteiger partial charge in [0.05, 0.1) is 17.1 Å². The van der Waals surface area contributed by atoms with Gasteiger partial charge in [0.2, 0.25) is 0 Å². The molecule has 2 saturated heterocycles. The maximum atomic E-state index is 7.87. The van der Waals surface area contributed by atoms with Gasteiger partial charge in [-0.25, -0.2) is 4.68 Å². The summed E-state index contributed by atoms with van der Waals surface area (Å²) in [4.78, 5) is 0. The van der Waals surface area contributed by atoms with Gasteiger partial charge in [-0.15, -0.1) is 10.2 Å². The first kappa shape index (κ1) is 18.7. The quantitative estimate of drug-likeness (QED) is 0.385. The number of nitrogens with two attached hydrogens (primary N) is 1. The van der Waals surface area contributed by atoms with Crippen LogP contribution in [0.15, 0.2) is 42.7 Å². The highest BCUT2D eigenvalue weighted by Crippen LogP contribution is 2.31. The van der Waals surface area contributed by atoms with Crippen molar-refractivity contribution in [2.24, 2.45) is 0 Å². The van der Waals surface area contributed by atoms with Gasteiger partial charge < -0.3 is 21.8 Å². The molecule has 2 aliphatic heterocycles. The van der Waals surface area contributed by atoms with Crippen LogP contribution < -0.4 is 16.4 Å². The van der Waals surface area contributed by atoms with Crippen LogP contribution in [0.1, 0.15) is 37.7 Å². The normalized spacial score (nSPS) is 23.1. The molecule has 0 unspecified atom stereocenters. The predicted octanol–water partition coefficient (Wildman–Crippen LogP) is 2.99. The number of anilines is 2. The van der Waals surface area contributed by atoms with E-state index in [1.54, 1.807) is 10.9 Å². The smallest absolute Gasteiger partial charge is 0.148 e. The number of nitrogen functional groups attached to an aromatic ring is 1. The lowest BCUT2D eigenvalue weighted by Crippen LogP contribution is -2.52. The van der Waals surface area contributed by atoms with E-state index in [1.165, 1.54) is 25.5 Å². The predicted molar refractivity (Wildman–Crippen MR) is 118 cm³/mol. The summed E-state index contributed by atoms with van der Waals surface area (Å²) in [6.07, 6.45) is 10.9. The molecule has 0 saturated carbocycles. The third-order valence-electron chi connectivity index (χ3n) is 6.17. The molecule has 0 spiro atoms. The Balaban J connectivity index is 1.36. The standard InChI is InChI=1S/C22H26N8/c23-13-18-17(5-7-20(22(18)24)30-10-2-9-25-30)19-6-8-21(29-28-19)27-16-11-14-3-1-4-15(12-16)26-14/h2,5-10,13-16,23,26H,1,3-4,11-12,24H2,(H,27,29)/t14-,15-/m0/s1. The lowest BCUT2D eigenvalue weighted by molar-refractivity contribution is 0.230. The van der Waals surface area contributed by atoms with E-state index in [0.717, 1.165) is 29.9 Å². The van der Waals surface area contributed by atoms with Gasteiger partial charge in [0.25, 0.3) is 0 Å². The van der Waals surface area contributed by atoms with Gasteiger partial charge in [-0.05, 0) is 56.0 Å². The molecule has 0 aliphatic carbocycles. The summed E-state index contributed by atoms with van der Waals surface area (Å²) in [7, 11) is 0. The van der Waals surface area contributed by atoms with Gasteiger partial charge in [-0.2, -0.15) is 5.10 Å². The zero-order valence-electron chi connectivity index (χ0n) is 16.8. The number of nitrogens with zero attached hydrogens (tertiary/aromatic N) is 4. The fraction of sp³-hybridized carbons (Fsp3) is 0.364. The Labute approximate surface area is 175 Å². The fourth-order valence-corrected chi connectivity index (χ4v) is 4.76. The molecular weight excluding hydrogens is 376 g/mol. The third-order valence-corrected chi connectivity index (χ3v) is 6.17. The molecule has 4 heterocycles. The summed E-state index contributed by atoms with van der Waals surface area (Å²) < 4.78 is 1.69. The number of rotatable bonds is 5. The molecule has 0 radical (unpaired) electrons. The molecule has 1 aromatic carbocycles. The molecule has 154 valence electrons. The van der Waals surface area contributed by atoms with Gasteiger partial charge in [0.1, 0.15) is 5.82 Å². The van der Waals surface area contributed by atoms with Crippen LogP contribution in [-0.2, 0) is 0 Å². The summed E-state index contributed by atoms with van der Waals surface area (Å²) in [5, 5.41) is 28.2. The number of piperidine rings is 2. The second-order valence-electron chi connectivity index (χ2n) is 8.16. The maximum absolute atomic E-state index is 7.87. The second-order valence-corrected chi connectivity index (χ2v) is 8.16. The van der Waals surface area contributed by atoms with E-state index < -0.39 is 0 Å². The van der Waals surface area contributed by atoms with Crippen LogP contribution in [0.3, 0.4) is 0 Å². The van der Waals surface area contributed by atoms with E-state index >= 15 is 0 Å². The minimum absolute atomic E-state index is 0.433. The van der Waals surface area contributed by atoms with Crippen molar-refractivity contribution in [1.29, 1.82) is 5.41 Å². The Morgan fingerprint density at radius 3 is 2.63 bits per heavy atom. The van der Waals surface area contributed by atoms with Crippen LogP contribution in [0.4, 0.5) is 11.5 Å². The van der Waals surface area contributed by atoms with Gasteiger partial charge >= 0.3 is 0 Å². The minimum atomic E-state index is 0.433. The Bertz CT molecular complexity index is 1020. The zero-order valence-corrected chi connectivity index (χ0v) is 16.8. The molecule has 30 heavy (non-hydrogen) atoms. The van der Waals surface area contributed by atoms with E-state index in [4.69, 9.17) is 11.1 Å². The number of fused-ring (bicyclic) bond motifs is 2. The van der Waals surface area contributed by atoms with Crippen LogP contribution in [-0.4, -0.2) is 44.3 Å². The molecule has 0 amide bonds. The van der Waals surface area contributed by atoms with E-state index in [9.17, 15) is 0 Å². The van der Waals surface area contributed by atoms with Crippen LogP contribution in [0.5, 0.6) is 0 Å². The van der Waals surface area contributed by atoms with E-state index in [2.05, 4.69) is 25.9 Å². The molecule has 5 N–H and O–H groups in total. The van der Waals surface area contributed by atoms with E-state index in [0.29, 0.717) is 35.1 Å². The van der Waals surface area contributed by atoms with Crippen molar-refractivity contribution in [3.8, 4) is 16.9 Å². The maximum Gasteiger partial charge on any atom is 0.148 e. The van der Waals surface area contributed by atoms with E-state index in [1.807, 2.05) is 36.5 Å². The van der Waals surface area contributed by atoms with Gasteiger partial charge in [0, 0.05) is 47.9 Å². The largest absolute Gasteiger partial charge is 0.396 e. The summed E-state index contributed by atoms with van der Waals surface area (Å²) in [5.41, 5.74) is 9.68. The average molecular weight is 403 g/mol. The molecule has 2 aliphatic rings. The highest BCUT2D eigenvalue weighted by molar-refractivity contribution is 5.96. The Kier molecular flexibility index (Phi) is 4.92. The molecule has 2 atom stereocenters. The van der Waals surface area contributed by atoms with Crippen molar-refractivity contribution < 1.29 is 0 Å². The first-order chi connectivity index (χ1) is 14.7. The van der Waals surface area contributed by atoms with Crippen LogP contribution in [0, 0.1) is 5.41 Å². The van der Waals surface area contributed by atoms with Crippen molar-refractivity contribution in [3.63, 3.8) is 0 Å². The SMILES string of the molecule is N=Cc1c(-c2ccc(NC3C[C@@H]4CCC[C@@H](C3)N4)nn2)ccc(-n2cccn2)c1N. The van der Waals surface area contributed by atoms with Crippen LogP contribution >= 0.6 is 0 Å². The third kappa shape index (κ3) is 3.54. The van der Waals surface area contributed by atoms with Gasteiger partial charge in [-0.3, -0.25) is 0 Å². The monoisotopic (exact) mass is 402 g/mol. The number of aromatic nitrogens is 4. The van der Waals surface area contributed by atoms with Crippen molar-refractivity contribution >= 4 is 17.7 Å². The number of hydrogen-bond donors (Lipinski definition) is 4. The zero-order chi connectivity index (χ0) is 20.5. The summed E-state index contributed by atoms with van der Waals surface area (Å²) >= 11 is 0. The number of nitrogens with one attached hydrogen (secondary N) is 3. The molecular formula is C22H26N8. The van der Waals surface area contributed by atoms with Gasteiger partial charge in [0.15, 0.2) is 0 Å². The lowest BCUT2D eigenvalue weighted by Gasteiger charge is -2.40. The Morgan fingerprint density at radius 1 is 1.13 bits per heavy atom. The summed E-state index contributed by atoms with van der Waals surface area (Å²) in [6, 6.07) is 11.2. The molecule has 8 nitrogen and oxygen atoms in total. The molecule has 2 bridgehead atoms. The summed E-state index contributed by atoms with van der Waals surface area (Å²) in [6.45, 7) is 0. The molecule has 2 fully saturated rings. The second kappa shape index (κ2) is 7.87.